The summed E-state index contributed by atoms with van der Waals surface area (Å²) in [6, 6.07) is 6.54. The van der Waals surface area contributed by atoms with Gasteiger partial charge in [0, 0.05) is 18.2 Å². The van der Waals surface area contributed by atoms with Crippen LogP contribution in [0.15, 0.2) is 18.2 Å². The molecule has 1 atom stereocenters. The highest BCUT2D eigenvalue weighted by Crippen LogP contribution is 2.27. The summed E-state index contributed by atoms with van der Waals surface area (Å²) in [5, 5.41) is 0. The Hall–Kier alpha value is -1.51. The van der Waals surface area contributed by atoms with Crippen LogP contribution >= 0.6 is 0 Å². The zero-order chi connectivity index (χ0) is 14.0. The molecule has 0 aliphatic rings. The third-order valence-corrected chi connectivity index (χ3v) is 3.51. The lowest BCUT2D eigenvalue weighted by Gasteiger charge is -2.19. The Bertz CT molecular complexity index is 554. The van der Waals surface area contributed by atoms with Crippen molar-refractivity contribution in [3.05, 3.63) is 24.0 Å². The van der Waals surface area contributed by atoms with Gasteiger partial charge >= 0.3 is 0 Å². The lowest BCUT2D eigenvalue weighted by atomic mass is 10.0. The summed E-state index contributed by atoms with van der Waals surface area (Å²) >= 11 is 0. The molecule has 1 heterocycles. The normalized spacial score (nSPS) is 13.3. The van der Waals surface area contributed by atoms with Crippen LogP contribution in [0.4, 0.5) is 5.69 Å². The number of fused-ring (bicyclic) bond motifs is 1. The van der Waals surface area contributed by atoms with Crippen molar-refractivity contribution in [1.29, 1.82) is 0 Å². The molecule has 19 heavy (non-hydrogen) atoms. The van der Waals surface area contributed by atoms with Gasteiger partial charge in [0.1, 0.15) is 5.82 Å². The van der Waals surface area contributed by atoms with Crippen LogP contribution in [-0.4, -0.2) is 9.55 Å². The minimum atomic E-state index is 0.482. The SMILES string of the molecule is CCCc1nc2cc(N)ccc2n1C(C)CC(C)C. The molecule has 1 aromatic heterocycles. The molecule has 3 heteroatoms. The molecule has 2 rings (SSSR count). The predicted octanol–water partition coefficient (Wildman–Crippen LogP) is 4.18. The molecule has 104 valence electrons. The van der Waals surface area contributed by atoms with Gasteiger partial charge in [0.05, 0.1) is 11.0 Å². The number of rotatable bonds is 5. The van der Waals surface area contributed by atoms with Crippen molar-refractivity contribution in [2.45, 2.75) is 53.0 Å². The van der Waals surface area contributed by atoms with E-state index in [2.05, 4.69) is 38.3 Å². The molecule has 0 bridgehead atoms. The van der Waals surface area contributed by atoms with Crippen molar-refractivity contribution in [1.82, 2.24) is 9.55 Å². The molecule has 0 fully saturated rings. The van der Waals surface area contributed by atoms with Crippen LogP contribution in [-0.2, 0) is 6.42 Å². The molecule has 2 aromatic rings. The smallest absolute Gasteiger partial charge is 0.110 e. The molecule has 2 N–H and O–H groups in total. The predicted molar refractivity (Wildman–Crippen MR) is 82.3 cm³/mol. The quantitative estimate of drug-likeness (QED) is 0.819. The molecule has 0 aliphatic heterocycles. The summed E-state index contributed by atoms with van der Waals surface area (Å²) in [7, 11) is 0. The van der Waals surface area contributed by atoms with Crippen LogP contribution in [0.5, 0.6) is 0 Å². The van der Waals surface area contributed by atoms with Gasteiger partial charge in [0.2, 0.25) is 0 Å². The Morgan fingerprint density at radius 2 is 2.00 bits per heavy atom. The number of nitrogens with zero attached hydrogens (tertiary/aromatic N) is 2. The number of aryl methyl sites for hydroxylation is 1. The fourth-order valence-corrected chi connectivity index (χ4v) is 2.85. The second-order valence-electron chi connectivity index (χ2n) is 5.87. The van der Waals surface area contributed by atoms with Crippen LogP contribution in [0.1, 0.15) is 52.4 Å². The Morgan fingerprint density at radius 1 is 1.26 bits per heavy atom. The number of imidazole rings is 1. The molecule has 0 aliphatic carbocycles. The molecule has 0 radical (unpaired) electrons. The van der Waals surface area contributed by atoms with E-state index >= 15 is 0 Å². The summed E-state index contributed by atoms with van der Waals surface area (Å²) < 4.78 is 2.40. The van der Waals surface area contributed by atoms with E-state index in [1.807, 2.05) is 12.1 Å². The molecule has 0 saturated carbocycles. The average Bonchev–Trinajstić information content (AvgIpc) is 2.65. The maximum Gasteiger partial charge on any atom is 0.110 e. The monoisotopic (exact) mass is 259 g/mol. The van der Waals surface area contributed by atoms with Gasteiger partial charge in [-0.05, 0) is 43.9 Å². The number of hydrogen-bond donors (Lipinski definition) is 1. The first kappa shape index (κ1) is 13.9. The van der Waals surface area contributed by atoms with Crippen LogP contribution in [0, 0.1) is 5.92 Å². The summed E-state index contributed by atoms with van der Waals surface area (Å²) in [6.45, 7) is 9.03. The molecular formula is C16H25N3. The van der Waals surface area contributed by atoms with Crippen LogP contribution < -0.4 is 5.73 Å². The highest BCUT2D eigenvalue weighted by atomic mass is 15.1. The minimum absolute atomic E-state index is 0.482. The van der Waals surface area contributed by atoms with Crippen molar-refractivity contribution in [3.63, 3.8) is 0 Å². The van der Waals surface area contributed by atoms with Gasteiger partial charge in [-0.3, -0.25) is 0 Å². The van der Waals surface area contributed by atoms with E-state index in [0.29, 0.717) is 12.0 Å². The Kier molecular flexibility index (Phi) is 4.13. The first-order valence-electron chi connectivity index (χ1n) is 7.29. The molecule has 0 amide bonds. The minimum Gasteiger partial charge on any atom is -0.399 e. The Labute approximate surface area is 115 Å². The van der Waals surface area contributed by atoms with Gasteiger partial charge in [-0.15, -0.1) is 0 Å². The van der Waals surface area contributed by atoms with Crippen molar-refractivity contribution in [2.24, 2.45) is 5.92 Å². The van der Waals surface area contributed by atoms with E-state index in [1.54, 1.807) is 0 Å². The lowest BCUT2D eigenvalue weighted by molar-refractivity contribution is 0.425. The summed E-state index contributed by atoms with van der Waals surface area (Å²) in [4.78, 5) is 4.77. The first-order valence-corrected chi connectivity index (χ1v) is 7.29. The first-order chi connectivity index (χ1) is 9.02. The third kappa shape index (κ3) is 2.91. The van der Waals surface area contributed by atoms with Crippen molar-refractivity contribution in [3.8, 4) is 0 Å². The molecule has 0 saturated heterocycles. The maximum atomic E-state index is 5.86. The van der Waals surface area contributed by atoms with Gasteiger partial charge in [-0.2, -0.15) is 0 Å². The molecule has 1 unspecified atom stereocenters. The van der Waals surface area contributed by atoms with Crippen LogP contribution in [0.3, 0.4) is 0 Å². The van der Waals surface area contributed by atoms with E-state index in [-0.39, 0.29) is 0 Å². The highest BCUT2D eigenvalue weighted by Gasteiger charge is 2.16. The second-order valence-corrected chi connectivity index (χ2v) is 5.87. The standard InChI is InChI=1S/C16H25N3/c1-5-6-16-18-14-10-13(17)7-8-15(14)19(16)12(4)9-11(2)3/h7-8,10-12H,5-6,9,17H2,1-4H3. The van der Waals surface area contributed by atoms with E-state index in [1.165, 1.54) is 17.8 Å². The number of hydrogen-bond acceptors (Lipinski definition) is 2. The van der Waals surface area contributed by atoms with Crippen molar-refractivity contribution >= 4 is 16.7 Å². The van der Waals surface area contributed by atoms with E-state index in [4.69, 9.17) is 10.7 Å². The molecular weight excluding hydrogens is 234 g/mol. The van der Waals surface area contributed by atoms with Gasteiger partial charge in [-0.1, -0.05) is 20.8 Å². The zero-order valence-electron chi connectivity index (χ0n) is 12.5. The van der Waals surface area contributed by atoms with Crippen molar-refractivity contribution in [2.75, 3.05) is 5.73 Å². The summed E-state index contributed by atoms with van der Waals surface area (Å²) in [5.74, 6) is 1.88. The summed E-state index contributed by atoms with van der Waals surface area (Å²) in [6.07, 6.45) is 3.32. The maximum absolute atomic E-state index is 5.86. The van der Waals surface area contributed by atoms with E-state index in [9.17, 15) is 0 Å². The highest BCUT2D eigenvalue weighted by molar-refractivity contribution is 5.79. The number of nitrogens with two attached hydrogens (primary N) is 1. The second kappa shape index (κ2) is 5.64. The summed E-state index contributed by atoms with van der Waals surface area (Å²) in [5.41, 5.74) is 8.89. The van der Waals surface area contributed by atoms with E-state index < -0.39 is 0 Å². The van der Waals surface area contributed by atoms with Crippen LogP contribution in [0.2, 0.25) is 0 Å². The fourth-order valence-electron chi connectivity index (χ4n) is 2.85. The van der Waals surface area contributed by atoms with Crippen LogP contribution in [0.25, 0.3) is 11.0 Å². The molecule has 1 aromatic carbocycles. The lowest BCUT2D eigenvalue weighted by Crippen LogP contribution is -2.11. The number of benzene rings is 1. The Balaban J connectivity index is 2.51. The van der Waals surface area contributed by atoms with Gasteiger partial charge in [0.15, 0.2) is 0 Å². The fraction of sp³-hybridized carbons (Fsp3) is 0.562. The molecule has 0 spiro atoms. The zero-order valence-corrected chi connectivity index (χ0v) is 12.5. The van der Waals surface area contributed by atoms with Gasteiger partial charge in [0.25, 0.3) is 0 Å². The topological polar surface area (TPSA) is 43.8 Å². The molecule has 3 nitrogen and oxygen atoms in total. The van der Waals surface area contributed by atoms with Gasteiger partial charge < -0.3 is 10.3 Å². The number of nitrogen functional groups attached to an aromatic ring is 1. The van der Waals surface area contributed by atoms with Gasteiger partial charge in [-0.25, -0.2) is 4.98 Å². The Morgan fingerprint density at radius 3 is 2.63 bits per heavy atom. The number of anilines is 1. The van der Waals surface area contributed by atoms with E-state index in [0.717, 1.165) is 24.0 Å². The number of aromatic nitrogens is 2. The van der Waals surface area contributed by atoms with Crippen molar-refractivity contribution < 1.29 is 0 Å². The largest absolute Gasteiger partial charge is 0.399 e. The average molecular weight is 259 g/mol. The third-order valence-electron chi connectivity index (χ3n) is 3.51.